The number of carbonyl (C=O) groups excluding carboxylic acids is 1. The van der Waals surface area contributed by atoms with E-state index in [1.165, 1.54) is 30.5 Å². The predicted octanol–water partition coefficient (Wildman–Crippen LogP) is 2.37. The number of nitrogens with zero attached hydrogens (tertiary/aromatic N) is 2. The number of nitro groups is 1. The molecule has 0 saturated heterocycles. The number of aryl methyl sites for hydroxylation is 1. The van der Waals surface area contributed by atoms with Crippen LogP contribution in [0.15, 0.2) is 47.6 Å². The summed E-state index contributed by atoms with van der Waals surface area (Å²) in [6.07, 6.45) is 1.29. The zero-order valence-electron chi connectivity index (χ0n) is 11.7. The molecule has 0 bridgehead atoms. The molecule has 22 heavy (non-hydrogen) atoms. The average molecular weight is 299 g/mol. The van der Waals surface area contributed by atoms with Gasteiger partial charge in [0.2, 0.25) is 0 Å². The van der Waals surface area contributed by atoms with Gasteiger partial charge in [0, 0.05) is 22.8 Å². The summed E-state index contributed by atoms with van der Waals surface area (Å²) in [5.74, 6) is -0.541. The highest BCUT2D eigenvalue weighted by molar-refractivity contribution is 5.95. The number of para-hydroxylation sites is 1. The molecule has 0 atom stereocenters. The Bertz CT molecular complexity index is 756. The third kappa shape index (κ3) is 3.45. The van der Waals surface area contributed by atoms with Crippen LogP contribution in [0.1, 0.15) is 21.5 Å². The van der Waals surface area contributed by atoms with E-state index in [0.29, 0.717) is 11.1 Å². The molecule has 0 unspecified atom stereocenters. The van der Waals surface area contributed by atoms with Crippen LogP contribution < -0.4 is 5.43 Å². The molecule has 0 saturated carbocycles. The van der Waals surface area contributed by atoms with E-state index in [0.717, 1.165) is 0 Å². The number of nitro benzene ring substituents is 1. The van der Waals surface area contributed by atoms with E-state index in [2.05, 4.69) is 10.5 Å². The monoisotopic (exact) mass is 299 g/mol. The Kier molecular flexibility index (Phi) is 4.47. The maximum atomic E-state index is 11.9. The molecule has 0 aliphatic carbocycles. The number of amides is 1. The van der Waals surface area contributed by atoms with Crippen LogP contribution in [0.2, 0.25) is 0 Å². The van der Waals surface area contributed by atoms with Crippen LogP contribution in [0.5, 0.6) is 5.75 Å². The van der Waals surface area contributed by atoms with Crippen molar-refractivity contribution in [3.05, 3.63) is 69.3 Å². The van der Waals surface area contributed by atoms with Crippen molar-refractivity contribution >= 4 is 17.8 Å². The first-order valence-electron chi connectivity index (χ1n) is 6.35. The molecule has 2 aromatic rings. The highest BCUT2D eigenvalue weighted by atomic mass is 16.6. The molecule has 2 N–H and O–H groups in total. The van der Waals surface area contributed by atoms with E-state index in [4.69, 9.17) is 0 Å². The van der Waals surface area contributed by atoms with Gasteiger partial charge in [-0.2, -0.15) is 5.10 Å². The number of hydrogen-bond acceptors (Lipinski definition) is 5. The fraction of sp³-hybridized carbons (Fsp3) is 0.0667. The second-order valence-corrected chi connectivity index (χ2v) is 4.52. The summed E-state index contributed by atoms with van der Waals surface area (Å²) in [6.45, 7) is 1.59. The minimum Gasteiger partial charge on any atom is -0.507 e. The van der Waals surface area contributed by atoms with E-state index in [-0.39, 0.29) is 17.0 Å². The largest absolute Gasteiger partial charge is 0.507 e. The van der Waals surface area contributed by atoms with Gasteiger partial charge >= 0.3 is 0 Å². The number of aromatic hydroxyl groups is 1. The lowest BCUT2D eigenvalue weighted by molar-refractivity contribution is -0.385. The van der Waals surface area contributed by atoms with Gasteiger partial charge in [0.1, 0.15) is 5.75 Å². The topological polar surface area (TPSA) is 105 Å². The van der Waals surface area contributed by atoms with E-state index in [9.17, 15) is 20.0 Å². The van der Waals surface area contributed by atoms with Gasteiger partial charge in [-0.3, -0.25) is 14.9 Å². The lowest BCUT2D eigenvalue weighted by atomic mass is 10.1. The van der Waals surface area contributed by atoms with Gasteiger partial charge in [0.05, 0.1) is 11.1 Å². The van der Waals surface area contributed by atoms with Crippen LogP contribution in [0, 0.1) is 17.0 Å². The van der Waals surface area contributed by atoms with Crippen molar-refractivity contribution in [2.75, 3.05) is 0 Å². The highest BCUT2D eigenvalue weighted by Gasteiger charge is 2.14. The van der Waals surface area contributed by atoms with Crippen molar-refractivity contribution < 1.29 is 14.8 Å². The quantitative estimate of drug-likeness (QED) is 0.513. The summed E-state index contributed by atoms with van der Waals surface area (Å²) in [4.78, 5) is 22.2. The Morgan fingerprint density at radius 3 is 2.73 bits per heavy atom. The van der Waals surface area contributed by atoms with Gasteiger partial charge < -0.3 is 5.11 Å². The Hall–Kier alpha value is -3.22. The number of rotatable bonds is 4. The Morgan fingerprint density at radius 1 is 1.32 bits per heavy atom. The first-order chi connectivity index (χ1) is 10.5. The van der Waals surface area contributed by atoms with Crippen molar-refractivity contribution in [2.45, 2.75) is 6.92 Å². The molecule has 0 aromatic heterocycles. The molecule has 2 aromatic carbocycles. The highest BCUT2D eigenvalue weighted by Crippen LogP contribution is 2.19. The molecule has 0 aliphatic heterocycles. The number of phenols is 1. The van der Waals surface area contributed by atoms with Gasteiger partial charge in [-0.25, -0.2) is 5.43 Å². The minimum absolute atomic E-state index is 0.0338. The van der Waals surface area contributed by atoms with E-state index in [1.54, 1.807) is 25.1 Å². The van der Waals surface area contributed by atoms with Crippen molar-refractivity contribution in [3.8, 4) is 5.75 Å². The lowest BCUT2D eigenvalue weighted by Gasteiger charge is -2.02. The van der Waals surface area contributed by atoms with Crippen molar-refractivity contribution in [1.82, 2.24) is 5.43 Å². The first-order valence-corrected chi connectivity index (χ1v) is 6.35. The third-order valence-electron chi connectivity index (χ3n) is 2.97. The first kappa shape index (κ1) is 15.2. The number of carbonyl (C=O) groups is 1. The van der Waals surface area contributed by atoms with Crippen molar-refractivity contribution in [1.29, 1.82) is 0 Å². The van der Waals surface area contributed by atoms with Crippen molar-refractivity contribution in [3.63, 3.8) is 0 Å². The second-order valence-electron chi connectivity index (χ2n) is 4.52. The van der Waals surface area contributed by atoms with Crippen LogP contribution in [0.4, 0.5) is 5.69 Å². The molecule has 0 fully saturated rings. The van der Waals surface area contributed by atoms with Crippen LogP contribution >= 0.6 is 0 Å². The average Bonchev–Trinajstić information content (AvgIpc) is 2.49. The van der Waals surface area contributed by atoms with Crippen LogP contribution in [0.3, 0.4) is 0 Å². The minimum atomic E-state index is -0.574. The van der Waals surface area contributed by atoms with E-state index >= 15 is 0 Å². The maximum absolute atomic E-state index is 11.9. The molecule has 7 heteroatoms. The fourth-order valence-electron chi connectivity index (χ4n) is 1.77. The van der Waals surface area contributed by atoms with Crippen LogP contribution in [-0.2, 0) is 0 Å². The molecule has 112 valence electrons. The SMILES string of the molecule is Cc1ccc(C(=O)N/N=C\c2ccccc2O)cc1[N+](=O)[O-]. The van der Waals surface area contributed by atoms with E-state index in [1.807, 2.05) is 0 Å². The standard InChI is InChI=1S/C15H13N3O4/c1-10-6-7-11(8-13(10)18(21)22)15(20)17-16-9-12-4-2-3-5-14(12)19/h2-9,19H,1H3,(H,17,20)/b16-9-. The Morgan fingerprint density at radius 2 is 2.05 bits per heavy atom. The van der Waals surface area contributed by atoms with Gasteiger partial charge in [0.15, 0.2) is 0 Å². The second kappa shape index (κ2) is 6.49. The summed E-state index contributed by atoms with van der Waals surface area (Å²) in [7, 11) is 0. The molecule has 1 amide bonds. The van der Waals surface area contributed by atoms with Crippen molar-refractivity contribution in [2.24, 2.45) is 5.10 Å². The molecule has 0 spiro atoms. The third-order valence-corrected chi connectivity index (χ3v) is 2.97. The molecular weight excluding hydrogens is 286 g/mol. The molecule has 0 radical (unpaired) electrons. The van der Waals surface area contributed by atoms with Gasteiger partial charge in [-0.15, -0.1) is 0 Å². The summed E-state index contributed by atoms with van der Waals surface area (Å²) in [5.41, 5.74) is 3.17. The smallest absolute Gasteiger partial charge is 0.273 e. The molecule has 0 heterocycles. The Balaban J connectivity index is 2.12. The summed E-state index contributed by atoms with van der Waals surface area (Å²) in [5, 5.41) is 24.1. The zero-order chi connectivity index (χ0) is 16.1. The van der Waals surface area contributed by atoms with Crippen LogP contribution in [0.25, 0.3) is 0 Å². The predicted molar refractivity (Wildman–Crippen MR) is 81.0 cm³/mol. The maximum Gasteiger partial charge on any atom is 0.273 e. The number of phenolic OH excluding ortho intramolecular Hbond substituents is 1. The number of nitrogens with one attached hydrogen (secondary N) is 1. The van der Waals surface area contributed by atoms with Gasteiger partial charge in [0.25, 0.3) is 11.6 Å². The number of hydrogen-bond donors (Lipinski definition) is 2. The number of benzene rings is 2. The zero-order valence-corrected chi connectivity index (χ0v) is 11.7. The summed E-state index contributed by atoms with van der Waals surface area (Å²) in [6, 6.07) is 10.7. The van der Waals surface area contributed by atoms with E-state index < -0.39 is 10.8 Å². The summed E-state index contributed by atoms with van der Waals surface area (Å²) < 4.78 is 0. The van der Waals surface area contributed by atoms with Gasteiger partial charge in [-0.05, 0) is 25.1 Å². The summed E-state index contributed by atoms with van der Waals surface area (Å²) >= 11 is 0. The van der Waals surface area contributed by atoms with Gasteiger partial charge in [-0.1, -0.05) is 18.2 Å². The lowest BCUT2D eigenvalue weighted by Crippen LogP contribution is -2.17. The number of hydrazone groups is 1. The molecule has 7 nitrogen and oxygen atoms in total. The molecule has 2 rings (SSSR count). The molecule has 0 aliphatic rings. The fourth-order valence-corrected chi connectivity index (χ4v) is 1.77. The van der Waals surface area contributed by atoms with Crippen LogP contribution in [-0.4, -0.2) is 22.2 Å². The molecular formula is C15H13N3O4. The normalized spacial score (nSPS) is 10.6. The Labute approximate surface area is 126 Å².